The van der Waals surface area contributed by atoms with Gasteiger partial charge in [0.1, 0.15) is 5.01 Å². The van der Waals surface area contributed by atoms with Crippen LogP contribution < -0.4 is 4.72 Å². The van der Waals surface area contributed by atoms with Gasteiger partial charge in [0.05, 0.1) is 11.9 Å². The molecule has 0 bridgehead atoms. The Balaban J connectivity index is 2.23. The smallest absolute Gasteiger partial charge is 0.209 e. The zero-order valence-electron chi connectivity index (χ0n) is 10.2. The topological polar surface area (TPSA) is 59.1 Å². The molecule has 6 heteroatoms. The molecule has 0 aliphatic rings. The highest BCUT2D eigenvalue weighted by molar-refractivity contribution is 7.88. The number of thiazole rings is 1. The van der Waals surface area contributed by atoms with Gasteiger partial charge in [0.25, 0.3) is 0 Å². The number of hydrogen-bond acceptors (Lipinski definition) is 4. The molecule has 0 fully saturated rings. The second-order valence-electron chi connectivity index (χ2n) is 3.99. The quantitative estimate of drug-likeness (QED) is 0.935. The van der Waals surface area contributed by atoms with Crippen molar-refractivity contribution in [2.24, 2.45) is 0 Å². The summed E-state index contributed by atoms with van der Waals surface area (Å²) < 4.78 is 24.6. The van der Waals surface area contributed by atoms with E-state index in [1.807, 2.05) is 37.3 Å². The molecule has 1 N–H and O–H groups in total. The number of rotatable bonds is 4. The molecule has 0 radical (unpaired) electrons. The van der Waals surface area contributed by atoms with Crippen molar-refractivity contribution < 1.29 is 8.42 Å². The van der Waals surface area contributed by atoms with Crippen molar-refractivity contribution in [1.82, 2.24) is 9.71 Å². The van der Waals surface area contributed by atoms with Crippen LogP contribution in [0.25, 0.3) is 10.6 Å². The molecule has 1 heterocycles. The van der Waals surface area contributed by atoms with Crippen molar-refractivity contribution in [1.29, 1.82) is 0 Å². The Kier molecular flexibility index (Phi) is 3.79. The molecule has 0 saturated heterocycles. The molecule has 0 atom stereocenters. The first kappa shape index (κ1) is 13.2. The monoisotopic (exact) mass is 282 g/mol. The Labute approximate surface area is 111 Å². The van der Waals surface area contributed by atoms with Crippen LogP contribution >= 0.6 is 11.3 Å². The number of aromatic nitrogens is 1. The molecule has 0 amide bonds. The first-order valence-electron chi connectivity index (χ1n) is 5.42. The normalized spacial score (nSPS) is 11.7. The molecule has 2 rings (SSSR count). The molecule has 0 aliphatic carbocycles. The molecule has 4 nitrogen and oxygen atoms in total. The Morgan fingerprint density at radius 1 is 1.28 bits per heavy atom. The summed E-state index contributed by atoms with van der Waals surface area (Å²) in [5.41, 5.74) is 1.92. The van der Waals surface area contributed by atoms with E-state index in [4.69, 9.17) is 0 Å². The van der Waals surface area contributed by atoms with Gasteiger partial charge in [0, 0.05) is 17.0 Å². The van der Waals surface area contributed by atoms with Gasteiger partial charge in [-0.1, -0.05) is 30.3 Å². The molecular weight excluding hydrogens is 268 g/mol. The number of nitrogens with one attached hydrogen (secondary N) is 1. The van der Waals surface area contributed by atoms with Gasteiger partial charge < -0.3 is 0 Å². The predicted molar refractivity (Wildman–Crippen MR) is 74.0 cm³/mol. The van der Waals surface area contributed by atoms with E-state index in [9.17, 15) is 8.42 Å². The van der Waals surface area contributed by atoms with E-state index < -0.39 is 10.0 Å². The van der Waals surface area contributed by atoms with Crippen molar-refractivity contribution in [3.8, 4) is 10.6 Å². The molecule has 1 aromatic carbocycles. The standard InChI is InChI=1S/C12H14N2O2S2/c1-9-11(8-13-18(2,15)16)17-12(14-9)10-6-4-3-5-7-10/h3-7,13H,8H2,1-2H3. The lowest BCUT2D eigenvalue weighted by atomic mass is 10.2. The van der Waals surface area contributed by atoms with Gasteiger partial charge in [0.15, 0.2) is 0 Å². The van der Waals surface area contributed by atoms with Crippen molar-refractivity contribution >= 4 is 21.4 Å². The Bertz CT molecular complexity index is 633. The van der Waals surface area contributed by atoms with Gasteiger partial charge >= 0.3 is 0 Å². The van der Waals surface area contributed by atoms with Gasteiger partial charge in [-0.2, -0.15) is 0 Å². The maximum atomic E-state index is 11.1. The fourth-order valence-corrected chi connectivity index (χ4v) is 3.00. The SMILES string of the molecule is Cc1nc(-c2ccccc2)sc1CNS(C)(=O)=O. The zero-order valence-corrected chi connectivity index (χ0v) is 11.8. The summed E-state index contributed by atoms with van der Waals surface area (Å²) in [5.74, 6) is 0. The number of nitrogens with zero attached hydrogens (tertiary/aromatic N) is 1. The third-order valence-corrected chi connectivity index (χ3v) is 4.28. The van der Waals surface area contributed by atoms with Gasteiger partial charge in [-0.25, -0.2) is 18.1 Å². The maximum Gasteiger partial charge on any atom is 0.209 e. The van der Waals surface area contributed by atoms with E-state index in [1.165, 1.54) is 11.3 Å². The number of benzene rings is 1. The van der Waals surface area contributed by atoms with E-state index in [0.717, 1.165) is 27.4 Å². The summed E-state index contributed by atoms with van der Waals surface area (Å²) in [6, 6.07) is 9.86. The van der Waals surface area contributed by atoms with Crippen LogP contribution in [0.15, 0.2) is 30.3 Å². The average molecular weight is 282 g/mol. The number of hydrogen-bond donors (Lipinski definition) is 1. The van der Waals surface area contributed by atoms with Crippen LogP contribution in [0.5, 0.6) is 0 Å². The maximum absolute atomic E-state index is 11.1. The van der Waals surface area contributed by atoms with Crippen LogP contribution in [-0.4, -0.2) is 19.7 Å². The lowest BCUT2D eigenvalue weighted by molar-refractivity contribution is 0.588. The Morgan fingerprint density at radius 3 is 2.56 bits per heavy atom. The van der Waals surface area contributed by atoms with Crippen molar-refractivity contribution in [3.63, 3.8) is 0 Å². The summed E-state index contributed by atoms with van der Waals surface area (Å²) in [7, 11) is -3.17. The minimum Gasteiger partial charge on any atom is -0.241 e. The average Bonchev–Trinajstić information content (AvgIpc) is 2.68. The van der Waals surface area contributed by atoms with E-state index in [-0.39, 0.29) is 0 Å². The molecule has 0 spiro atoms. The molecule has 0 aliphatic heterocycles. The summed E-state index contributed by atoms with van der Waals surface area (Å²) in [6.07, 6.45) is 1.15. The lowest BCUT2D eigenvalue weighted by Gasteiger charge is -1.99. The second kappa shape index (κ2) is 5.17. The minimum atomic E-state index is -3.17. The first-order valence-corrected chi connectivity index (χ1v) is 8.13. The Hall–Kier alpha value is -1.24. The summed E-state index contributed by atoms with van der Waals surface area (Å²) >= 11 is 1.52. The van der Waals surface area contributed by atoms with E-state index in [2.05, 4.69) is 9.71 Å². The first-order chi connectivity index (χ1) is 8.46. The van der Waals surface area contributed by atoms with Crippen molar-refractivity contribution in [2.45, 2.75) is 13.5 Å². The highest BCUT2D eigenvalue weighted by atomic mass is 32.2. The van der Waals surface area contributed by atoms with E-state index in [0.29, 0.717) is 6.54 Å². The summed E-state index contributed by atoms with van der Waals surface area (Å²) in [4.78, 5) is 5.41. The van der Waals surface area contributed by atoms with Gasteiger partial charge in [0.2, 0.25) is 10.0 Å². The van der Waals surface area contributed by atoms with E-state index in [1.54, 1.807) is 0 Å². The molecule has 18 heavy (non-hydrogen) atoms. The number of aryl methyl sites for hydroxylation is 1. The van der Waals surface area contributed by atoms with Gasteiger partial charge in [-0.05, 0) is 6.92 Å². The fourth-order valence-electron chi connectivity index (χ4n) is 1.49. The van der Waals surface area contributed by atoms with Crippen molar-refractivity contribution in [3.05, 3.63) is 40.9 Å². The molecular formula is C12H14N2O2S2. The van der Waals surface area contributed by atoms with Crippen LogP contribution in [0.1, 0.15) is 10.6 Å². The van der Waals surface area contributed by atoms with Gasteiger partial charge in [-0.3, -0.25) is 0 Å². The lowest BCUT2D eigenvalue weighted by Crippen LogP contribution is -2.20. The zero-order chi connectivity index (χ0) is 13.2. The third kappa shape index (κ3) is 3.38. The van der Waals surface area contributed by atoms with Crippen molar-refractivity contribution in [2.75, 3.05) is 6.26 Å². The molecule has 0 saturated carbocycles. The number of sulfonamides is 1. The third-order valence-electron chi connectivity index (χ3n) is 2.41. The van der Waals surface area contributed by atoms with Crippen LogP contribution in [-0.2, 0) is 16.6 Å². The summed E-state index contributed by atoms with van der Waals surface area (Å²) in [5, 5.41) is 0.915. The van der Waals surface area contributed by atoms with E-state index >= 15 is 0 Å². The van der Waals surface area contributed by atoms with Crippen LogP contribution in [0.3, 0.4) is 0 Å². The van der Waals surface area contributed by atoms with Crippen LogP contribution in [0.4, 0.5) is 0 Å². The minimum absolute atomic E-state index is 0.301. The summed E-state index contributed by atoms with van der Waals surface area (Å²) in [6.45, 7) is 2.19. The Morgan fingerprint density at radius 2 is 1.94 bits per heavy atom. The highest BCUT2D eigenvalue weighted by Gasteiger charge is 2.10. The fraction of sp³-hybridized carbons (Fsp3) is 0.250. The second-order valence-corrected chi connectivity index (χ2v) is 6.90. The largest absolute Gasteiger partial charge is 0.241 e. The highest BCUT2D eigenvalue weighted by Crippen LogP contribution is 2.27. The van der Waals surface area contributed by atoms with Crippen LogP contribution in [0.2, 0.25) is 0 Å². The molecule has 1 aromatic heterocycles. The van der Waals surface area contributed by atoms with Gasteiger partial charge in [-0.15, -0.1) is 11.3 Å². The predicted octanol–water partition coefficient (Wildman–Crippen LogP) is 2.17. The molecule has 96 valence electrons. The van der Waals surface area contributed by atoms with Crippen LogP contribution in [0, 0.1) is 6.92 Å². The molecule has 0 unspecified atom stereocenters. The molecule has 2 aromatic rings.